The van der Waals surface area contributed by atoms with Gasteiger partial charge in [-0.1, -0.05) is 6.58 Å². The molecule has 3 nitrogen and oxygen atoms in total. The highest BCUT2D eigenvalue weighted by Gasteiger charge is 2.17. The Labute approximate surface area is 85.2 Å². The Morgan fingerprint density at radius 1 is 1.69 bits per heavy atom. The first-order valence-electron chi connectivity index (χ1n) is 4.26. The van der Waals surface area contributed by atoms with Crippen LogP contribution < -0.4 is 0 Å². The van der Waals surface area contributed by atoms with E-state index in [4.69, 9.17) is 0 Å². The standard InChI is InChI=1S/C9H11BrN2O/c1-6-2-3-7(13)5-12-8(6)4-9(10)11-12/h4,7,13H,1-3,5H2. The fraction of sp³-hybridized carbons (Fsp3) is 0.444. The van der Waals surface area contributed by atoms with Crippen LogP contribution in [0.25, 0.3) is 5.57 Å². The quantitative estimate of drug-likeness (QED) is 0.754. The number of rotatable bonds is 0. The second-order valence-corrected chi connectivity index (χ2v) is 4.14. The molecule has 0 aliphatic carbocycles. The molecule has 13 heavy (non-hydrogen) atoms. The summed E-state index contributed by atoms with van der Waals surface area (Å²) >= 11 is 3.31. The van der Waals surface area contributed by atoms with E-state index < -0.39 is 0 Å². The number of fused-ring (bicyclic) bond motifs is 1. The molecule has 0 bridgehead atoms. The van der Waals surface area contributed by atoms with Gasteiger partial charge in [-0.25, -0.2) is 0 Å². The van der Waals surface area contributed by atoms with Crippen molar-refractivity contribution in [3.63, 3.8) is 0 Å². The van der Waals surface area contributed by atoms with E-state index in [1.165, 1.54) is 0 Å². The molecule has 1 aliphatic heterocycles. The number of hydrogen-bond acceptors (Lipinski definition) is 2. The predicted molar refractivity (Wildman–Crippen MR) is 54.2 cm³/mol. The molecule has 0 saturated heterocycles. The van der Waals surface area contributed by atoms with Crippen LogP contribution in [0.2, 0.25) is 0 Å². The third-order valence-electron chi connectivity index (χ3n) is 2.28. The number of nitrogens with zero attached hydrogens (tertiary/aromatic N) is 2. The van der Waals surface area contributed by atoms with Gasteiger partial charge in [-0.15, -0.1) is 0 Å². The van der Waals surface area contributed by atoms with Crippen molar-refractivity contribution in [3.8, 4) is 0 Å². The SMILES string of the molecule is C=C1CCC(O)Cn2nc(Br)cc21. The molecule has 0 spiro atoms. The maximum atomic E-state index is 9.55. The zero-order valence-corrected chi connectivity index (χ0v) is 8.79. The molecule has 4 heteroatoms. The third-order valence-corrected chi connectivity index (χ3v) is 2.66. The van der Waals surface area contributed by atoms with Crippen molar-refractivity contribution in [3.05, 3.63) is 22.9 Å². The van der Waals surface area contributed by atoms with E-state index in [0.717, 1.165) is 28.7 Å². The van der Waals surface area contributed by atoms with Crippen LogP contribution >= 0.6 is 15.9 Å². The summed E-state index contributed by atoms with van der Waals surface area (Å²) in [5.74, 6) is 0. The van der Waals surface area contributed by atoms with Gasteiger partial charge >= 0.3 is 0 Å². The summed E-state index contributed by atoms with van der Waals surface area (Å²) in [6, 6.07) is 1.94. The maximum absolute atomic E-state index is 9.55. The molecule has 1 aromatic rings. The topological polar surface area (TPSA) is 38.0 Å². The highest BCUT2D eigenvalue weighted by Crippen LogP contribution is 2.25. The summed E-state index contributed by atoms with van der Waals surface area (Å²) in [5.41, 5.74) is 2.08. The summed E-state index contributed by atoms with van der Waals surface area (Å²) in [5, 5.41) is 13.8. The molecule has 0 aromatic carbocycles. The second-order valence-electron chi connectivity index (χ2n) is 3.33. The minimum atomic E-state index is -0.301. The van der Waals surface area contributed by atoms with E-state index in [-0.39, 0.29) is 6.10 Å². The monoisotopic (exact) mass is 242 g/mol. The van der Waals surface area contributed by atoms with Crippen molar-refractivity contribution < 1.29 is 5.11 Å². The van der Waals surface area contributed by atoms with Crippen LogP contribution in [-0.2, 0) is 6.54 Å². The number of allylic oxidation sites excluding steroid dienone is 1. The number of halogens is 1. The van der Waals surface area contributed by atoms with Gasteiger partial charge in [-0.2, -0.15) is 5.10 Å². The molecule has 0 radical (unpaired) electrons. The Morgan fingerprint density at radius 2 is 2.46 bits per heavy atom. The van der Waals surface area contributed by atoms with E-state index >= 15 is 0 Å². The highest BCUT2D eigenvalue weighted by molar-refractivity contribution is 9.10. The van der Waals surface area contributed by atoms with Crippen molar-refractivity contribution in [1.82, 2.24) is 9.78 Å². The molecule has 0 amide bonds. The lowest BCUT2D eigenvalue weighted by Gasteiger charge is -2.05. The van der Waals surface area contributed by atoms with E-state index in [2.05, 4.69) is 27.6 Å². The largest absolute Gasteiger partial charge is 0.391 e. The molecule has 1 aliphatic rings. The Balaban J connectivity index is 2.42. The van der Waals surface area contributed by atoms with Crippen LogP contribution in [0, 0.1) is 0 Å². The number of aliphatic hydroxyl groups excluding tert-OH is 1. The fourth-order valence-corrected chi connectivity index (χ4v) is 1.98. The van der Waals surface area contributed by atoms with Gasteiger partial charge in [-0.3, -0.25) is 4.68 Å². The van der Waals surface area contributed by atoms with Crippen LogP contribution in [0.3, 0.4) is 0 Å². The summed E-state index contributed by atoms with van der Waals surface area (Å²) < 4.78 is 2.61. The lowest BCUT2D eigenvalue weighted by atomic mass is 10.1. The first-order chi connectivity index (χ1) is 6.16. The highest BCUT2D eigenvalue weighted by atomic mass is 79.9. The summed E-state index contributed by atoms with van der Waals surface area (Å²) in [6.45, 7) is 4.54. The van der Waals surface area contributed by atoms with Gasteiger partial charge in [0.1, 0.15) is 4.60 Å². The van der Waals surface area contributed by atoms with Gasteiger partial charge < -0.3 is 5.11 Å². The van der Waals surface area contributed by atoms with E-state index in [1.807, 2.05) is 10.7 Å². The normalized spacial score (nSPS) is 22.6. The summed E-state index contributed by atoms with van der Waals surface area (Å²) in [7, 11) is 0. The summed E-state index contributed by atoms with van der Waals surface area (Å²) in [6.07, 6.45) is 1.32. The molecule has 1 N–H and O–H groups in total. The fourth-order valence-electron chi connectivity index (χ4n) is 1.57. The van der Waals surface area contributed by atoms with Crippen molar-refractivity contribution >= 4 is 21.5 Å². The Hall–Kier alpha value is -0.610. The Bertz CT molecular complexity index is 345. The molecule has 1 aromatic heterocycles. The molecule has 0 saturated carbocycles. The number of hydrogen-bond donors (Lipinski definition) is 1. The van der Waals surface area contributed by atoms with Crippen molar-refractivity contribution in [1.29, 1.82) is 0 Å². The van der Waals surface area contributed by atoms with Gasteiger partial charge in [0, 0.05) is 0 Å². The van der Waals surface area contributed by atoms with Crippen LogP contribution in [0.4, 0.5) is 0 Å². The van der Waals surface area contributed by atoms with Gasteiger partial charge in [0.15, 0.2) is 0 Å². The second kappa shape index (κ2) is 3.27. The van der Waals surface area contributed by atoms with E-state index in [0.29, 0.717) is 6.54 Å². The zero-order chi connectivity index (χ0) is 9.42. The molecular weight excluding hydrogens is 232 g/mol. The van der Waals surface area contributed by atoms with Crippen LogP contribution in [-0.4, -0.2) is 21.0 Å². The zero-order valence-electron chi connectivity index (χ0n) is 7.20. The lowest BCUT2D eigenvalue weighted by Crippen LogP contribution is -2.15. The lowest BCUT2D eigenvalue weighted by molar-refractivity contribution is 0.144. The molecule has 70 valence electrons. The first-order valence-corrected chi connectivity index (χ1v) is 5.05. The van der Waals surface area contributed by atoms with E-state index in [9.17, 15) is 5.11 Å². The van der Waals surface area contributed by atoms with Crippen molar-refractivity contribution in [2.75, 3.05) is 0 Å². The Kier molecular flexibility index (Phi) is 2.26. The number of aliphatic hydroxyl groups is 1. The van der Waals surface area contributed by atoms with Gasteiger partial charge in [0.05, 0.1) is 18.3 Å². The average molecular weight is 243 g/mol. The van der Waals surface area contributed by atoms with Gasteiger partial charge in [-0.05, 0) is 40.4 Å². The molecule has 0 fully saturated rings. The summed E-state index contributed by atoms with van der Waals surface area (Å²) in [4.78, 5) is 0. The first kappa shape index (κ1) is 8.97. The maximum Gasteiger partial charge on any atom is 0.128 e. The third kappa shape index (κ3) is 1.69. The molecular formula is C9H11BrN2O. The predicted octanol–water partition coefficient (Wildman–Crippen LogP) is 1.81. The number of aromatic nitrogens is 2. The van der Waals surface area contributed by atoms with Crippen LogP contribution in [0.1, 0.15) is 18.5 Å². The van der Waals surface area contributed by atoms with E-state index in [1.54, 1.807) is 0 Å². The Morgan fingerprint density at radius 3 is 3.23 bits per heavy atom. The molecule has 1 unspecified atom stereocenters. The molecule has 1 atom stereocenters. The van der Waals surface area contributed by atoms with Crippen molar-refractivity contribution in [2.45, 2.75) is 25.5 Å². The molecule has 2 rings (SSSR count). The average Bonchev–Trinajstić information content (AvgIpc) is 2.37. The van der Waals surface area contributed by atoms with Crippen LogP contribution in [0.5, 0.6) is 0 Å². The van der Waals surface area contributed by atoms with Gasteiger partial charge in [0.25, 0.3) is 0 Å². The molecule has 2 heterocycles. The van der Waals surface area contributed by atoms with Crippen LogP contribution in [0.15, 0.2) is 17.2 Å². The minimum absolute atomic E-state index is 0.301. The minimum Gasteiger partial charge on any atom is -0.391 e. The van der Waals surface area contributed by atoms with Crippen molar-refractivity contribution in [2.24, 2.45) is 0 Å². The van der Waals surface area contributed by atoms with Gasteiger partial charge in [0.2, 0.25) is 0 Å². The smallest absolute Gasteiger partial charge is 0.128 e.